The van der Waals surface area contributed by atoms with Gasteiger partial charge in [0.25, 0.3) is 0 Å². The monoisotopic (exact) mass is 229 g/mol. The van der Waals surface area contributed by atoms with E-state index in [9.17, 15) is 4.79 Å². The average molecular weight is 229 g/mol. The van der Waals surface area contributed by atoms with Crippen LogP contribution in [0.15, 0.2) is 0 Å². The molecule has 1 rings (SSSR count). The van der Waals surface area contributed by atoms with Gasteiger partial charge in [-0.3, -0.25) is 9.69 Å². The number of hydrogen-bond donors (Lipinski definition) is 1. The van der Waals surface area contributed by atoms with Crippen LogP contribution in [-0.2, 0) is 9.53 Å². The van der Waals surface area contributed by atoms with E-state index in [4.69, 9.17) is 9.84 Å². The first-order valence-corrected chi connectivity index (χ1v) is 6.02. The zero-order valence-electron chi connectivity index (χ0n) is 10.5. The topological polar surface area (TPSA) is 49.8 Å². The average Bonchev–Trinajstić information content (AvgIpc) is 2.59. The summed E-state index contributed by atoms with van der Waals surface area (Å²) in [5.41, 5.74) is -0.414. The molecule has 0 saturated carbocycles. The van der Waals surface area contributed by atoms with E-state index in [2.05, 4.69) is 4.90 Å². The van der Waals surface area contributed by atoms with Crippen LogP contribution < -0.4 is 0 Å². The van der Waals surface area contributed by atoms with Gasteiger partial charge < -0.3 is 9.84 Å². The van der Waals surface area contributed by atoms with Crippen LogP contribution in [0.2, 0.25) is 0 Å². The fourth-order valence-corrected chi connectivity index (χ4v) is 2.00. The third-order valence-corrected chi connectivity index (χ3v) is 2.65. The number of carbonyl (C=O) groups excluding carboxylic acids is 1. The molecule has 1 atom stereocenters. The Morgan fingerprint density at radius 2 is 2.19 bits per heavy atom. The number of aliphatic hydroxyl groups is 1. The Hall–Kier alpha value is -0.610. The van der Waals surface area contributed by atoms with Gasteiger partial charge in [0, 0.05) is 13.2 Å². The van der Waals surface area contributed by atoms with Crippen LogP contribution in [0.3, 0.4) is 0 Å². The van der Waals surface area contributed by atoms with Gasteiger partial charge in [-0.25, -0.2) is 0 Å². The maximum absolute atomic E-state index is 11.9. The molecule has 0 bridgehead atoms. The fourth-order valence-electron chi connectivity index (χ4n) is 2.00. The summed E-state index contributed by atoms with van der Waals surface area (Å²) in [4.78, 5) is 14.0. The molecule has 0 amide bonds. The molecule has 0 aromatic rings. The number of ether oxygens (including phenoxy) is 1. The molecule has 1 fully saturated rings. The molecule has 0 spiro atoms. The van der Waals surface area contributed by atoms with Gasteiger partial charge in [0.05, 0.1) is 0 Å². The van der Waals surface area contributed by atoms with Crippen molar-refractivity contribution in [2.75, 3.05) is 19.7 Å². The van der Waals surface area contributed by atoms with Gasteiger partial charge >= 0.3 is 5.97 Å². The summed E-state index contributed by atoms with van der Waals surface area (Å²) in [6.07, 6.45) is 2.63. The van der Waals surface area contributed by atoms with Crippen molar-refractivity contribution in [1.29, 1.82) is 0 Å². The minimum Gasteiger partial charge on any atom is -0.459 e. The Balaban J connectivity index is 2.47. The predicted molar refractivity (Wildman–Crippen MR) is 62.1 cm³/mol. The van der Waals surface area contributed by atoms with Crippen LogP contribution in [-0.4, -0.2) is 47.3 Å². The van der Waals surface area contributed by atoms with E-state index in [1.165, 1.54) is 0 Å². The largest absolute Gasteiger partial charge is 0.459 e. The molecule has 4 nitrogen and oxygen atoms in total. The lowest BCUT2D eigenvalue weighted by Gasteiger charge is -2.27. The normalized spacial score (nSPS) is 22.4. The Bertz CT molecular complexity index is 235. The number of likely N-dealkylation sites (tertiary alicyclic amines) is 1. The lowest BCUT2D eigenvalue weighted by molar-refractivity contribution is -0.160. The summed E-state index contributed by atoms with van der Waals surface area (Å²) < 4.78 is 5.39. The van der Waals surface area contributed by atoms with Gasteiger partial charge in [0.2, 0.25) is 0 Å². The summed E-state index contributed by atoms with van der Waals surface area (Å²) in [5, 5.41) is 8.80. The van der Waals surface area contributed by atoms with Crippen LogP contribution in [0.4, 0.5) is 0 Å². The second kappa shape index (κ2) is 5.64. The van der Waals surface area contributed by atoms with Crippen LogP contribution in [0.25, 0.3) is 0 Å². The van der Waals surface area contributed by atoms with Gasteiger partial charge in [-0.05, 0) is 46.6 Å². The van der Waals surface area contributed by atoms with E-state index in [-0.39, 0.29) is 18.6 Å². The summed E-state index contributed by atoms with van der Waals surface area (Å²) in [6.45, 7) is 7.55. The highest BCUT2D eigenvalue weighted by Gasteiger charge is 2.33. The number of esters is 1. The molecule has 1 N–H and O–H groups in total. The number of nitrogens with zero attached hydrogens (tertiary/aromatic N) is 1. The minimum absolute atomic E-state index is 0.106. The van der Waals surface area contributed by atoms with Gasteiger partial charge in [0.15, 0.2) is 0 Å². The minimum atomic E-state index is -0.414. The Kier molecular flexibility index (Phi) is 4.74. The second-order valence-corrected chi connectivity index (χ2v) is 5.30. The third-order valence-electron chi connectivity index (χ3n) is 2.65. The van der Waals surface area contributed by atoms with Crippen molar-refractivity contribution in [3.05, 3.63) is 0 Å². The zero-order valence-corrected chi connectivity index (χ0v) is 10.5. The summed E-state index contributed by atoms with van der Waals surface area (Å²) in [5.74, 6) is -0.122. The van der Waals surface area contributed by atoms with Crippen LogP contribution >= 0.6 is 0 Å². The predicted octanol–water partition coefficient (Wildman–Crippen LogP) is 1.17. The Morgan fingerprint density at radius 1 is 1.50 bits per heavy atom. The van der Waals surface area contributed by atoms with Crippen LogP contribution in [0, 0.1) is 0 Å². The number of rotatable bonds is 4. The fraction of sp³-hybridized carbons (Fsp3) is 0.917. The van der Waals surface area contributed by atoms with Crippen molar-refractivity contribution in [1.82, 2.24) is 4.90 Å². The van der Waals surface area contributed by atoms with Crippen molar-refractivity contribution in [2.24, 2.45) is 0 Å². The molecular weight excluding hydrogens is 206 g/mol. The van der Waals surface area contributed by atoms with Crippen LogP contribution in [0.5, 0.6) is 0 Å². The first-order chi connectivity index (χ1) is 7.44. The zero-order chi connectivity index (χ0) is 12.2. The number of aliphatic hydroxyl groups excluding tert-OH is 1. The standard InChI is InChI=1S/C12H23NO3/c1-12(2,3)16-11(15)10-6-4-7-13(10)8-5-9-14/h10,14H,4-9H2,1-3H3/t10-/m1/s1. The smallest absolute Gasteiger partial charge is 0.323 e. The molecule has 0 aliphatic carbocycles. The van der Waals surface area contributed by atoms with E-state index >= 15 is 0 Å². The quantitative estimate of drug-likeness (QED) is 0.735. The Labute approximate surface area is 97.6 Å². The van der Waals surface area contributed by atoms with E-state index in [0.29, 0.717) is 0 Å². The summed E-state index contributed by atoms with van der Waals surface area (Å²) in [6, 6.07) is -0.106. The second-order valence-electron chi connectivity index (χ2n) is 5.30. The van der Waals surface area contributed by atoms with Gasteiger partial charge in [-0.1, -0.05) is 0 Å². The van der Waals surface area contributed by atoms with Gasteiger partial charge in [0.1, 0.15) is 11.6 Å². The third kappa shape index (κ3) is 4.10. The van der Waals surface area contributed by atoms with Crippen molar-refractivity contribution >= 4 is 5.97 Å². The molecular formula is C12H23NO3. The molecule has 0 unspecified atom stereocenters. The Morgan fingerprint density at radius 3 is 2.75 bits per heavy atom. The molecule has 94 valence electrons. The molecule has 4 heteroatoms. The maximum Gasteiger partial charge on any atom is 0.323 e. The lowest BCUT2D eigenvalue weighted by atomic mass is 10.1. The molecule has 16 heavy (non-hydrogen) atoms. The first kappa shape index (κ1) is 13.5. The highest BCUT2D eigenvalue weighted by atomic mass is 16.6. The highest BCUT2D eigenvalue weighted by Crippen LogP contribution is 2.21. The highest BCUT2D eigenvalue weighted by molar-refractivity contribution is 5.76. The SMILES string of the molecule is CC(C)(C)OC(=O)[C@H]1CCCN1CCCO. The molecule has 1 aliphatic rings. The number of carbonyl (C=O) groups is 1. The van der Waals surface area contributed by atoms with E-state index in [1.807, 2.05) is 20.8 Å². The van der Waals surface area contributed by atoms with Crippen LogP contribution in [0.1, 0.15) is 40.0 Å². The van der Waals surface area contributed by atoms with Crippen molar-refractivity contribution in [3.63, 3.8) is 0 Å². The lowest BCUT2D eigenvalue weighted by Crippen LogP contribution is -2.41. The molecule has 0 aromatic heterocycles. The van der Waals surface area contributed by atoms with Crippen molar-refractivity contribution in [3.8, 4) is 0 Å². The molecule has 0 radical (unpaired) electrons. The van der Waals surface area contributed by atoms with Crippen molar-refractivity contribution < 1.29 is 14.6 Å². The van der Waals surface area contributed by atoms with E-state index < -0.39 is 5.60 Å². The molecule has 1 aliphatic heterocycles. The summed E-state index contributed by atoms with van der Waals surface area (Å²) >= 11 is 0. The van der Waals surface area contributed by atoms with Gasteiger partial charge in [-0.15, -0.1) is 0 Å². The van der Waals surface area contributed by atoms with Crippen molar-refractivity contribution in [2.45, 2.75) is 51.7 Å². The number of hydrogen-bond acceptors (Lipinski definition) is 4. The molecule has 1 saturated heterocycles. The van der Waals surface area contributed by atoms with E-state index in [1.54, 1.807) is 0 Å². The summed E-state index contributed by atoms with van der Waals surface area (Å²) in [7, 11) is 0. The maximum atomic E-state index is 11.9. The first-order valence-electron chi connectivity index (χ1n) is 6.02. The molecule has 0 aromatic carbocycles. The molecule has 1 heterocycles. The van der Waals surface area contributed by atoms with Gasteiger partial charge in [-0.2, -0.15) is 0 Å². The van der Waals surface area contributed by atoms with E-state index in [0.717, 1.165) is 32.4 Å².